The van der Waals surface area contributed by atoms with Gasteiger partial charge in [-0.05, 0) is 0 Å². The maximum Gasteiger partial charge on any atom is 0.432 e. The third-order valence-electron chi connectivity index (χ3n) is 1.89. The molecule has 0 N–H and O–H groups in total. The van der Waals surface area contributed by atoms with Crippen molar-refractivity contribution in [3.05, 3.63) is 33.2 Å². The predicted molar refractivity (Wildman–Crippen MR) is 53.9 cm³/mol. The van der Waals surface area contributed by atoms with Gasteiger partial charge >= 0.3 is 6.18 Å². The number of fused-ring (bicyclic) bond motifs is 1. The summed E-state index contributed by atoms with van der Waals surface area (Å²) in [5.74, 6) is -0.00894. The lowest BCUT2D eigenvalue weighted by Crippen LogP contribution is -2.20. The fourth-order valence-electron chi connectivity index (χ4n) is 1.23. The second kappa shape index (κ2) is 3.74. The van der Waals surface area contributed by atoms with Crippen LogP contribution in [-0.4, -0.2) is 9.38 Å². The molecule has 0 aromatic carbocycles. The first-order valence-corrected chi connectivity index (χ1v) is 5.48. The highest BCUT2D eigenvalue weighted by atomic mass is 35.5. The van der Waals surface area contributed by atoms with E-state index in [-0.39, 0.29) is 16.5 Å². The Morgan fingerprint density at radius 2 is 2.19 bits per heavy atom. The molecule has 3 nitrogen and oxygen atoms in total. The molecule has 2 aromatic rings. The average molecular weight is 269 g/mol. The number of nitrogens with zero attached hydrogens (tertiary/aromatic N) is 2. The molecular weight excluding hydrogens is 265 g/mol. The van der Waals surface area contributed by atoms with Crippen molar-refractivity contribution in [1.82, 2.24) is 9.38 Å². The van der Waals surface area contributed by atoms with Crippen LogP contribution in [0.25, 0.3) is 4.96 Å². The second-order valence-electron chi connectivity index (χ2n) is 2.96. The molecule has 16 heavy (non-hydrogen) atoms. The van der Waals surface area contributed by atoms with E-state index >= 15 is 0 Å². The molecule has 0 bridgehead atoms. The molecule has 0 saturated heterocycles. The Morgan fingerprint density at radius 3 is 2.75 bits per heavy atom. The van der Waals surface area contributed by atoms with Crippen molar-refractivity contribution >= 4 is 27.9 Å². The number of rotatable bonds is 1. The normalized spacial score (nSPS) is 12.2. The van der Waals surface area contributed by atoms with Crippen molar-refractivity contribution in [3.8, 4) is 0 Å². The molecule has 0 aliphatic carbocycles. The van der Waals surface area contributed by atoms with Crippen molar-refractivity contribution in [2.24, 2.45) is 0 Å². The summed E-state index contributed by atoms with van der Waals surface area (Å²) in [6.45, 7) is 0. The Kier molecular flexibility index (Phi) is 2.67. The largest absolute Gasteiger partial charge is 0.432 e. The van der Waals surface area contributed by atoms with Gasteiger partial charge in [0.2, 0.25) is 0 Å². The fourth-order valence-corrected chi connectivity index (χ4v) is 2.29. The van der Waals surface area contributed by atoms with Crippen molar-refractivity contribution < 1.29 is 13.2 Å². The first kappa shape index (κ1) is 11.4. The van der Waals surface area contributed by atoms with E-state index in [0.29, 0.717) is 4.40 Å². The number of thiazole rings is 1. The van der Waals surface area contributed by atoms with Crippen LogP contribution in [0.4, 0.5) is 13.2 Å². The van der Waals surface area contributed by atoms with E-state index in [0.717, 1.165) is 22.8 Å². The molecule has 8 heteroatoms. The quantitative estimate of drug-likeness (QED) is 0.745. The van der Waals surface area contributed by atoms with Crippen LogP contribution in [0.2, 0.25) is 0 Å². The molecule has 2 heterocycles. The molecule has 2 aromatic heterocycles. The lowest BCUT2D eigenvalue weighted by molar-refractivity contribution is -0.141. The summed E-state index contributed by atoms with van der Waals surface area (Å²) in [5.41, 5.74) is -1.51. The van der Waals surface area contributed by atoms with Crippen LogP contribution in [-0.2, 0) is 12.1 Å². The van der Waals surface area contributed by atoms with E-state index in [1.54, 1.807) is 0 Å². The van der Waals surface area contributed by atoms with Gasteiger partial charge in [-0.2, -0.15) is 13.2 Å². The van der Waals surface area contributed by atoms with Crippen LogP contribution < -0.4 is 5.56 Å². The molecule has 0 spiro atoms. The van der Waals surface area contributed by atoms with Gasteiger partial charge in [0, 0.05) is 11.4 Å². The number of alkyl halides is 4. The van der Waals surface area contributed by atoms with Crippen LogP contribution in [0.15, 0.2) is 16.2 Å². The lowest BCUT2D eigenvalue weighted by Gasteiger charge is -2.05. The van der Waals surface area contributed by atoms with Crippen molar-refractivity contribution in [2.75, 3.05) is 0 Å². The van der Waals surface area contributed by atoms with Crippen LogP contribution in [0, 0.1) is 0 Å². The maximum absolute atomic E-state index is 12.5. The minimum Gasteiger partial charge on any atom is -0.269 e. The van der Waals surface area contributed by atoms with Gasteiger partial charge < -0.3 is 0 Å². The van der Waals surface area contributed by atoms with E-state index < -0.39 is 17.4 Å². The van der Waals surface area contributed by atoms with E-state index in [2.05, 4.69) is 4.98 Å². The number of hydrogen-bond donors (Lipinski definition) is 0. The van der Waals surface area contributed by atoms with Gasteiger partial charge in [-0.15, -0.1) is 22.9 Å². The van der Waals surface area contributed by atoms with Gasteiger partial charge in [-0.1, -0.05) is 0 Å². The molecule has 0 fully saturated rings. The summed E-state index contributed by atoms with van der Waals surface area (Å²) in [6.07, 6.45) is -4.56. The summed E-state index contributed by atoms with van der Waals surface area (Å²) >= 11 is 6.23. The Morgan fingerprint density at radius 1 is 1.50 bits per heavy atom. The molecule has 0 amide bonds. The molecule has 0 aliphatic rings. The smallest absolute Gasteiger partial charge is 0.269 e. The Hall–Kier alpha value is -1.08. The zero-order chi connectivity index (χ0) is 11.9. The third kappa shape index (κ3) is 1.80. The second-order valence-corrected chi connectivity index (χ2v) is 4.06. The van der Waals surface area contributed by atoms with Gasteiger partial charge in [-0.25, -0.2) is 9.38 Å². The van der Waals surface area contributed by atoms with E-state index in [1.807, 2.05) is 0 Å². The highest BCUT2D eigenvalue weighted by molar-refractivity contribution is 7.15. The van der Waals surface area contributed by atoms with E-state index in [1.165, 1.54) is 0 Å². The Bertz CT molecular complexity index is 589. The predicted octanol–water partition coefficient (Wildman–Crippen LogP) is 2.51. The zero-order valence-corrected chi connectivity index (χ0v) is 9.16. The van der Waals surface area contributed by atoms with Crippen molar-refractivity contribution in [3.63, 3.8) is 0 Å². The SMILES string of the molecule is O=c1cc(CCl)nc2scc(C(F)(F)F)n12. The number of hydrogen-bond acceptors (Lipinski definition) is 3. The summed E-state index contributed by atoms with van der Waals surface area (Å²) < 4.78 is 38.1. The molecule has 2 rings (SSSR count). The van der Waals surface area contributed by atoms with Crippen LogP contribution in [0.5, 0.6) is 0 Å². The van der Waals surface area contributed by atoms with Gasteiger partial charge in [0.1, 0.15) is 5.69 Å². The van der Waals surface area contributed by atoms with Gasteiger partial charge in [0.15, 0.2) is 4.96 Å². The van der Waals surface area contributed by atoms with Crippen LogP contribution in [0.3, 0.4) is 0 Å². The first-order valence-electron chi connectivity index (χ1n) is 4.07. The summed E-state index contributed by atoms with van der Waals surface area (Å²) in [6, 6.07) is 1.00. The van der Waals surface area contributed by atoms with E-state index in [9.17, 15) is 18.0 Å². The average Bonchev–Trinajstić information content (AvgIpc) is 2.60. The zero-order valence-electron chi connectivity index (χ0n) is 7.58. The Balaban J connectivity index is 2.79. The molecule has 0 atom stereocenters. The summed E-state index contributed by atoms with van der Waals surface area (Å²) in [4.78, 5) is 15.3. The summed E-state index contributed by atoms with van der Waals surface area (Å²) in [5, 5.41) is 0.863. The molecular formula is C8H4ClF3N2OS. The van der Waals surface area contributed by atoms with E-state index in [4.69, 9.17) is 11.6 Å². The molecule has 0 saturated carbocycles. The maximum atomic E-state index is 12.5. The molecule has 0 radical (unpaired) electrons. The monoisotopic (exact) mass is 268 g/mol. The molecule has 0 unspecified atom stereocenters. The highest BCUT2D eigenvalue weighted by Crippen LogP contribution is 2.31. The molecule has 0 aliphatic heterocycles. The lowest BCUT2D eigenvalue weighted by atomic mass is 10.4. The number of halogens is 4. The number of aromatic nitrogens is 2. The van der Waals surface area contributed by atoms with Crippen molar-refractivity contribution in [1.29, 1.82) is 0 Å². The third-order valence-corrected chi connectivity index (χ3v) is 2.98. The Labute approximate surface area is 96.1 Å². The standard InChI is InChI=1S/C8H4ClF3N2OS/c9-2-4-1-6(15)14-5(8(10,11)12)3-16-7(14)13-4/h1,3H,2H2. The van der Waals surface area contributed by atoms with Gasteiger partial charge in [0.05, 0.1) is 11.6 Å². The topological polar surface area (TPSA) is 34.4 Å². The van der Waals surface area contributed by atoms with Gasteiger partial charge in [0.25, 0.3) is 5.56 Å². The van der Waals surface area contributed by atoms with Gasteiger partial charge in [-0.3, -0.25) is 4.79 Å². The van der Waals surface area contributed by atoms with Crippen LogP contribution >= 0.6 is 22.9 Å². The summed E-state index contributed by atoms with van der Waals surface area (Å²) in [7, 11) is 0. The minimum atomic E-state index is -4.56. The van der Waals surface area contributed by atoms with Crippen LogP contribution in [0.1, 0.15) is 11.4 Å². The minimum absolute atomic E-state index is 0.00419. The molecule has 86 valence electrons. The highest BCUT2D eigenvalue weighted by Gasteiger charge is 2.35. The fraction of sp³-hybridized carbons (Fsp3) is 0.250. The van der Waals surface area contributed by atoms with Crippen molar-refractivity contribution in [2.45, 2.75) is 12.1 Å². The first-order chi connectivity index (χ1) is 7.43.